The minimum atomic E-state index is -0.267. The Bertz CT molecular complexity index is 516. The summed E-state index contributed by atoms with van der Waals surface area (Å²) in [5.74, 6) is 0.326. The SMILES string of the molecule is C[C@H](CN1C(=O)N[C@H](C2CC2)C1=O)Sc1ccccc1. The van der Waals surface area contributed by atoms with Crippen molar-refractivity contribution >= 4 is 23.7 Å². The van der Waals surface area contributed by atoms with E-state index in [9.17, 15) is 9.59 Å². The molecule has 2 aliphatic rings. The molecule has 1 aromatic rings. The Kier molecular flexibility index (Phi) is 3.70. The molecule has 2 atom stereocenters. The third-order valence-electron chi connectivity index (χ3n) is 3.67. The number of hydrogen-bond acceptors (Lipinski definition) is 3. The Labute approximate surface area is 122 Å². The predicted molar refractivity (Wildman–Crippen MR) is 78.5 cm³/mol. The molecular weight excluding hydrogens is 272 g/mol. The molecule has 1 heterocycles. The lowest BCUT2D eigenvalue weighted by Crippen LogP contribution is -2.36. The van der Waals surface area contributed by atoms with E-state index in [1.807, 2.05) is 37.3 Å². The third kappa shape index (κ3) is 2.82. The molecule has 4 nitrogen and oxygen atoms in total. The highest BCUT2D eigenvalue weighted by molar-refractivity contribution is 8.00. The number of hydrogen-bond donors (Lipinski definition) is 1. The van der Waals surface area contributed by atoms with E-state index >= 15 is 0 Å². The summed E-state index contributed by atoms with van der Waals surface area (Å²) >= 11 is 1.69. The van der Waals surface area contributed by atoms with Crippen LogP contribution in [0.2, 0.25) is 0 Å². The summed E-state index contributed by atoms with van der Waals surface area (Å²) in [4.78, 5) is 26.7. The third-order valence-corrected chi connectivity index (χ3v) is 4.77. The maximum Gasteiger partial charge on any atom is 0.324 e. The van der Waals surface area contributed by atoms with Crippen LogP contribution < -0.4 is 5.32 Å². The van der Waals surface area contributed by atoms with Crippen molar-refractivity contribution in [1.82, 2.24) is 10.2 Å². The molecule has 3 amide bonds. The molecule has 1 aliphatic heterocycles. The number of urea groups is 1. The van der Waals surface area contributed by atoms with E-state index < -0.39 is 0 Å². The summed E-state index contributed by atoms with van der Waals surface area (Å²) in [6.07, 6.45) is 2.11. The first-order chi connectivity index (χ1) is 9.65. The fraction of sp³-hybridized carbons (Fsp3) is 0.467. The summed E-state index contributed by atoms with van der Waals surface area (Å²) in [7, 11) is 0. The van der Waals surface area contributed by atoms with Gasteiger partial charge in [0.05, 0.1) is 0 Å². The maximum absolute atomic E-state index is 12.2. The van der Waals surface area contributed by atoms with Crippen molar-refractivity contribution in [3.63, 3.8) is 0 Å². The van der Waals surface area contributed by atoms with E-state index in [0.29, 0.717) is 12.5 Å². The Morgan fingerprint density at radius 3 is 2.65 bits per heavy atom. The van der Waals surface area contributed by atoms with Gasteiger partial charge in [-0.15, -0.1) is 11.8 Å². The average Bonchev–Trinajstić information content (AvgIpc) is 3.23. The van der Waals surface area contributed by atoms with Gasteiger partial charge in [0.2, 0.25) is 0 Å². The van der Waals surface area contributed by atoms with E-state index in [2.05, 4.69) is 5.32 Å². The van der Waals surface area contributed by atoms with Gasteiger partial charge in [0, 0.05) is 16.7 Å². The molecule has 1 aliphatic carbocycles. The zero-order chi connectivity index (χ0) is 14.1. The van der Waals surface area contributed by atoms with Crippen LogP contribution in [0.4, 0.5) is 4.79 Å². The van der Waals surface area contributed by atoms with E-state index in [1.54, 1.807) is 11.8 Å². The van der Waals surface area contributed by atoms with Gasteiger partial charge in [-0.2, -0.15) is 0 Å². The van der Waals surface area contributed by atoms with E-state index in [-0.39, 0.29) is 23.2 Å². The smallest absolute Gasteiger partial charge is 0.324 e. The topological polar surface area (TPSA) is 49.4 Å². The van der Waals surface area contributed by atoms with Crippen molar-refractivity contribution in [3.8, 4) is 0 Å². The Morgan fingerprint density at radius 1 is 1.30 bits per heavy atom. The van der Waals surface area contributed by atoms with Gasteiger partial charge < -0.3 is 5.32 Å². The normalized spacial score (nSPS) is 23.9. The van der Waals surface area contributed by atoms with Gasteiger partial charge in [0.25, 0.3) is 5.91 Å². The highest BCUT2D eigenvalue weighted by Gasteiger charge is 2.46. The number of amides is 3. The van der Waals surface area contributed by atoms with Crippen molar-refractivity contribution in [2.45, 2.75) is 36.0 Å². The molecule has 1 saturated carbocycles. The number of thioether (sulfide) groups is 1. The molecule has 1 aromatic carbocycles. The van der Waals surface area contributed by atoms with Gasteiger partial charge in [-0.3, -0.25) is 9.69 Å². The van der Waals surface area contributed by atoms with Gasteiger partial charge in [0.1, 0.15) is 6.04 Å². The average molecular weight is 290 g/mol. The van der Waals surface area contributed by atoms with E-state index in [1.165, 1.54) is 4.90 Å². The number of benzene rings is 1. The monoisotopic (exact) mass is 290 g/mol. The lowest BCUT2D eigenvalue weighted by molar-refractivity contribution is -0.127. The van der Waals surface area contributed by atoms with E-state index in [0.717, 1.165) is 17.7 Å². The van der Waals surface area contributed by atoms with Gasteiger partial charge in [-0.05, 0) is 30.9 Å². The van der Waals surface area contributed by atoms with E-state index in [4.69, 9.17) is 0 Å². The van der Waals surface area contributed by atoms with Crippen molar-refractivity contribution in [2.24, 2.45) is 5.92 Å². The molecule has 0 aromatic heterocycles. The molecule has 1 N–H and O–H groups in total. The van der Waals surface area contributed by atoms with Crippen LogP contribution in [-0.4, -0.2) is 34.7 Å². The number of nitrogens with one attached hydrogen (secondary N) is 1. The predicted octanol–water partition coefficient (Wildman–Crippen LogP) is 2.50. The molecule has 2 fully saturated rings. The largest absolute Gasteiger partial charge is 0.326 e. The Morgan fingerprint density at radius 2 is 2.00 bits per heavy atom. The van der Waals surface area contributed by atoms with Crippen molar-refractivity contribution < 1.29 is 9.59 Å². The van der Waals surface area contributed by atoms with Crippen LogP contribution in [0, 0.1) is 5.92 Å². The van der Waals surface area contributed by atoms with Crippen LogP contribution >= 0.6 is 11.8 Å². The zero-order valence-corrected chi connectivity index (χ0v) is 12.2. The van der Waals surface area contributed by atoms with Gasteiger partial charge >= 0.3 is 6.03 Å². The first kappa shape index (κ1) is 13.5. The molecular formula is C15H18N2O2S. The highest BCUT2D eigenvalue weighted by Crippen LogP contribution is 2.35. The Hall–Kier alpha value is -1.49. The molecule has 3 rings (SSSR count). The number of carbonyl (C=O) groups is 2. The van der Waals surface area contributed by atoms with Crippen molar-refractivity contribution in [3.05, 3.63) is 30.3 Å². The zero-order valence-electron chi connectivity index (χ0n) is 11.4. The molecule has 0 bridgehead atoms. The van der Waals surface area contributed by atoms with Gasteiger partial charge in [0.15, 0.2) is 0 Å². The number of nitrogens with zero attached hydrogens (tertiary/aromatic N) is 1. The van der Waals surface area contributed by atoms with Crippen LogP contribution in [0.5, 0.6) is 0 Å². The van der Waals surface area contributed by atoms with Crippen LogP contribution in [0.25, 0.3) is 0 Å². The van der Waals surface area contributed by atoms with Crippen molar-refractivity contribution in [1.29, 1.82) is 0 Å². The number of carbonyl (C=O) groups excluding carboxylic acids is 2. The number of rotatable bonds is 5. The second-order valence-electron chi connectivity index (χ2n) is 5.45. The summed E-state index contributed by atoms with van der Waals surface area (Å²) in [6.45, 7) is 2.51. The quantitative estimate of drug-likeness (QED) is 0.669. The maximum atomic E-state index is 12.2. The number of imide groups is 1. The second-order valence-corrected chi connectivity index (χ2v) is 6.97. The first-order valence-corrected chi connectivity index (χ1v) is 7.86. The van der Waals surface area contributed by atoms with Crippen LogP contribution in [0.3, 0.4) is 0 Å². The summed E-state index contributed by atoms with van der Waals surface area (Å²) < 4.78 is 0. The summed E-state index contributed by atoms with van der Waals surface area (Å²) in [5, 5.41) is 3.00. The van der Waals surface area contributed by atoms with Crippen molar-refractivity contribution in [2.75, 3.05) is 6.54 Å². The van der Waals surface area contributed by atoms with Gasteiger partial charge in [-0.25, -0.2) is 4.79 Å². The fourth-order valence-corrected chi connectivity index (χ4v) is 3.49. The molecule has 0 unspecified atom stereocenters. The lowest BCUT2D eigenvalue weighted by atomic mass is 10.2. The molecule has 106 valence electrons. The highest BCUT2D eigenvalue weighted by atomic mass is 32.2. The second kappa shape index (κ2) is 5.48. The molecule has 1 saturated heterocycles. The van der Waals surface area contributed by atoms with Crippen LogP contribution in [0.15, 0.2) is 35.2 Å². The fourth-order valence-electron chi connectivity index (χ4n) is 2.49. The Balaban J connectivity index is 1.59. The van der Waals surface area contributed by atoms with Gasteiger partial charge in [-0.1, -0.05) is 25.1 Å². The molecule has 0 spiro atoms. The summed E-state index contributed by atoms with van der Waals surface area (Å²) in [6, 6.07) is 9.55. The van der Waals surface area contributed by atoms with Crippen LogP contribution in [-0.2, 0) is 4.79 Å². The lowest BCUT2D eigenvalue weighted by Gasteiger charge is -2.18. The molecule has 20 heavy (non-hydrogen) atoms. The molecule has 5 heteroatoms. The minimum Gasteiger partial charge on any atom is -0.326 e. The first-order valence-electron chi connectivity index (χ1n) is 6.98. The van der Waals surface area contributed by atoms with Crippen LogP contribution in [0.1, 0.15) is 19.8 Å². The standard InChI is InChI=1S/C15H18N2O2S/c1-10(20-12-5-3-2-4-6-12)9-17-14(18)13(11-7-8-11)16-15(17)19/h2-6,10-11,13H,7-9H2,1H3,(H,16,19)/t10-,13-/m1/s1. The molecule has 0 radical (unpaired) electrons. The summed E-state index contributed by atoms with van der Waals surface area (Å²) in [5.41, 5.74) is 0. The minimum absolute atomic E-state index is 0.0435.